The summed E-state index contributed by atoms with van der Waals surface area (Å²) in [5.74, 6) is 0.295. The molecule has 198 valence electrons. The summed E-state index contributed by atoms with van der Waals surface area (Å²) in [5, 5.41) is 9.18. The van der Waals surface area contributed by atoms with E-state index in [1.54, 1.807) is 37.4 Å². The smallest absolute Gasteiger partial charge is 0.255 e. The number of thioether (sulfide) groups is 1. The number of carbonyl (C=O) groups is 2. The minimum absolute atomic E-state index is 0.118. The van der Waals surface area contributed by atoms with Crippen molar-refractivity contribution in [1.29, 1.82) is 0 Å². The zero-order chi connectivity index (χ0) is 27.4. The molecule has 0 aromatic heterocycles. The van der Waals surface area contributed by atoms with Crippen LogP contribution in [0.1, 0.15) is 30.5 Å². The number of nitrogens with zero attached hydrogens (tertiary/aromatic N) is 2. The van der Waals surface area contributed by atoms with E-state index in [-0.39, 0.29) is 18.2 Å². The Bertz CT molecular complexity index is 1490. The van der Waals surface area contributed by atoms with Crippen molar-refractivity contribution in [1.82, 2.24) is 10.2 Å². The number of amidine groups is 1. The van der Waals surface area contributed by atoms with E-state index in [0.29, 0.717) is 39.4 Å². The van der Waals surface area contributed by atoms with Crippen LogP contribution in [-0.2, 0) is 16.1 Å². The first kappa shape index (κ1) is 26.6. The van der Waals surface area contributed by atoms with Crippen LogP contribution in [0.4, 0.5) is 5.69 Å². The first-order valence-corrected chi connectivity index (χ1v) is 13.6. The standard InChI is InChI=1S/C30H27ClN4O3S/c1-19-27(29(37)34-23-11-13-25(38-2)14-12-23)28(21-9-6-10-22(31)15-21)35-24(18-39-30(35)33-19)16-26(36)32-17-20-7-4-3-5-8-20/h3-15,18,28H,16-17H2,1-2H3,(H,32,36)(H,34,37). The number of hydrogen-bond acceptors (Lipinski definition) is 6. The first-order valence-electron chi connectivity index (χ1n) is 12.4. The van der Waals surface area contributed by atoms with Gasteiger partial charge in [-0.3, -0.25) is 9.59 Å². The molecule has 0 aliphatic carbocycles. The molecule has 2 aliphatic rings. The van der Waals surface area contributed by atoms with Crippen LogP contribution in [0.3, 0.4) is 0 Å². The lowest BCUT2D eigenvalue weighted by Crippen LogP contribution is -2.38. The van der Waals surface area contributed by atoms with Gasteiger partial charge in [0.25, 0.3) is 5.91 Å². The minimum Gasteiger partial charge on any atom is -0.497 e. The van der Waals surface area contributed by atoms with Crippen LogP contribution < -0.4 is 15.4 Å². The van der Waals surface area contributed by atoms with Gasteiger partial charge in [-0.15, -0.1) is 0 Å². The van der Waals surface area contributed by atoms with Crippen molar-refractivity contribution in [2.75, 3.05) is 12.4 Å². The molecule has 39 heavy (non-hydrogen) atoms. The van der Waals surface area contributed by atoms with E-state index in [9.17, 15) is 9.59 Å². The zero-order valence-electron chi connectivity index (χ0n) is 21.5. The number of carbonyl (C=O) groups excluding carboxylic acids is 2. The molecule has 0 saturated carbocycles. The number of methoxy groups -OCH3 is 1. The second-order valence-corrected chi connectivity index (χ2v) is 10.3. The number of ether oxygens (including phenoxy) is 1. The number of benzene rings is 3. The van der Waals surface area contributed by atoms with Gasteiger partial charge in [0, 0.05) is 23.0 Å². The van der Waals surface area contributed by atoms with E-state index < -0.39 is 6.04 Å². The highest BCUT2D eigenvalue weighted by atomic mass is 35.5. The summed E-state index contributed by atoms with van der Waals surface area (Å²) in [6, 6.07) is 23.8. The Kier molecular flexibility index (Phi) is 8.05. The maximum Gasteiger partial charge on any atom is 0.255 e. The molecular weight excluding hydrogens is 532 g/mol. The van der Waals surface area contributed by atoms with Gasteiger partial charge in [-0.1, -0.05) is 65.8 Å². The fraction of sp³-hybridized carbons (Fsp3) is 0.167. The highest BCUT2D eigenvalue weighted by molar-refractivity contribution is 8.16. The molecule has 1 atom stereocenters. The monoisotopic (exact) mass is 558 g/mol. The predicted octanol–water partition coefficient (Wildman–Crippen LogP) is 6.27. The molecule has 0 saturated heterocycles. The molecule has 0 spiro atoms. The van der Waals surface area contributed by atoms with E-state index in [1.807, 2.05) is 65.8 Å². The molecule has 3 aromatic carbocycles. The Morgan fingerprint density at radius 3 is 2.54 bits per heavy atom. The third kappa shape index (κ3) is 6.02. The Morgan fingerprint density at radius 2 is 1.82 bits per heavy atom. The summed E-state index contributed by atoms with van der Waals surface area (Å²) < 4.78 is 5.23. The lowest BCUT2D eigenvalue weighted by atomic mass is 9.93. The minimum atomic E-state index is -0.516. The van der Waals surface area contributed by atoms with E-state index in [0.717, 1.165) is 16.8 Å². The second-order valence-electron chi connectivity index (χ2n) is 9.07. The van der Waals surface area contributed by atoms with E-state index >= 15 is 0 Å². The van der Waals surface area contributed by atoms with Gasteiger partial charge < -0.3 is 20.3 Å². The maximum absolute atomic E-state index is 13.7. The topological polar surface area (TPSA) is 83.0 Å². The zero-order valence-corrected chi connectivity index (χ0v) is 23.1. The fourth-order valence-corrected chi connectivity index (χ4v) is 5.71. The van der Waals surface area contributed by atoms with Gasteiger partial charge in [-0.25, -0.2) is 4.99 Å². The van der Waals surface area contributed by atoms with Gasteiger partial charge in [0.15, 0.2) is 5.17 Å². The van der Waals surface area contributed by atoms with Crippen LogP contribution in [-0.4, -0.2) is 29.0 Å². The van der Waals surface area contributed by atoms with Gasteiger partial charge in [-0.05, 0) is 59.9 Å². The molecule has 9 heteroatoms. The number of amides is 2. The highest BCUT2D eigenvalue weighted by Crippen LogP contribution is 2.45. The van der Waals surface area contributed by atoms with Crippen molar-refractivity contribution in [2.45, 2.75) is 25.9 Å². The Labute approximate surface area is 236 Å². The third-order valence-corrected chi connectivity index (χ3v) is 7.56. The van der Waals surface area contributed by atoms with Crippen molar-refractivity contribution in [3.05, 3.63) is 117 Å². The van der Waals surface area contributed by atoms with Crippen LogP contribution >= 0.6 is 23.4 Å². The quantitative estimate of drug-likeness (QED) is 0.340. The Hall–Kier alpha value is -4.01. The normalized spacial score (nSPS) is 16.3. The van der Waals surface area contributed by atoms with Crippen molar-refractivity contribution in [3.8, 4) is 5.75 Å². The lowest BCUT2D eigenvalue weighted by Gasteiger charge is -2.36. The molecule has 7 nitrogen and oxygen atoms in total. The van der Waals surface area contributed by atoms with E-state index in [1.165, 1.54) is 11.8 Å². The average molecular weight is 559 g/mol. The van der Waals surface area contributed by atoms with Gasteiger partial charge in [0.05, 0.1) is 30.8 Å². The van der Waals surface area contributed by atoms with E-state index in [4.69, 9.17) is 21.3 Å². The molecule has 0 fully saturated rings. The van der Waals surface area contributed by atoms with Crippen LogP contribution in [0.2, 0.25) is 5.02 Å². The summed E-state index contributed by atoms with van der Waals surface area (Å²) in [4.78, 5) is 33.4. The molecule has 2 amide bonds. The first-order chi connectivity index (χ1) is 18.9. The molecule has 2 N–H and O–H groups in total. The number of anilines is 1. The molecule has 2 aliphatic heterocycles. The Morgan fingerprint density at radius 1 is 1.05 bits per heavy atom. The molecule has 1 unspecified atom stereocenters. The second kappa shape index (κ2) is 11.8. The number of aliphatic imine (C=N–C) groups is 1. The van der Waals surface area contributed by atoms with Gasteiger partial charge in [-0.2, -0.15) is 0 Å². The van der Waals surface area contributed by atoms with Gasteiger partial charge in [0.1, 0.15) is 5.75 Å². The SMILES string of the molecule is COc1ccc(NC(=O)C2=C(C)N=C3SC=C(CC(=O)NCc4ccccc4)N3C2c2cccc(Cl)c2)cc1. The molecule has 0 radical (unpaired) electrons. The molecule has 2 heterocycles. The molecular formula is C30H27ClN4O3S. The Balaban J connectivity index is 1.43. The summed E-state index contributed by atoms with van der Waals surface area (Å²) in [7, 11) is 1.59. The van der Waals surface area contributed by atoms with Crippen LogP contribution in [0, 0.1) is 0 Å². The van der Waals surface area contributed by atoms with Crippen LogP contribution in [0.15, 0.2) is 106 Å². The lowest BCUT2D eigenvalue weighted by molar-refractivity contribution is -0.120. The van der Waals surface area contributed by atoms with Crippen molar-refractivity contribution in [3.63, 3.8) is 0 Å². The predicted molar refractivity (Wildman–Crippen MR) is 156 cm³/mol. The summed E-state index contributed by atoms with van der Waals surface area (Å²) in [5.41, 5.74) is 4.33. The summed E-state index contributed by atoms with van der Waals surface area (Å²) >= 11 is 7.83. The molecule has 3 aromatic rings. The largest absolute Gasteiger partial charge is 0.497 e. The third-order valence-electron chi connectivity index (χ3n) is 6.43. The fourth-order valence-electron chi connectivity index (χ4n) is 4.55. The number of halogens is 1. The van der Waals surface area contributed by atoms with E-state index in [2.05, 4.69) is 10.6 Å². The molecule has 0 bridgehead atoms. The van der Waals surface area contributed by atoms with Crippen molar-refractivity contribution in [2.24, 2.45) is 4.99 Å². The van der Waals surface area contributed by atoms with Crippen LogP contribution in [0.5, 0.6) is 5.75 Å². The number of nitrogens with one attached hydrogen (secondary N) is 2. The summed E-state index contributed by atoms with van der Waals surface area (Å²) in [6.07, 6.45) is 0.141. The number of hydrogen-bond donors (Lipinski definition) is 2. The van der Waals surface area contributed by atoms with Gasteiger partial charge >= 0.3 is 0 Å². The van der Waals surface area contributed by atoms with Gasteiger partial charge in [0.2, 0.25) is 5.91 Å². The van der Waals surface area contributed by atoms with Crippen LogP contribution in [0.25, 0.3) is 0 Å². The summed E-state index contributed by atoms with van der Waals surface area (Å²) in [6.45, 7) is 2.27. The average Bonchev–Trinajstić information content (AvgIpc) is 3.33. The van der Waals surface area contributed by atoms with Crippen molar-refractivity contribution < 1.29 is 14.3 Å². The molecule has 5 rings (SSSR count). The highest BCUT2D eigenvalue weighted by Gasteiger charge is 2.40. The van der Waals surface area contributed by atoms with Crippen molar-refractivity contribution >= 4 is 46.0 Å². The number of fused-ring (bicyclic) bond motifs is 1. The number of allylic oxidation sites excluding steroid dienone is 1. The maximum atomic E-state index is 13.7. The number of rotatable bonds is 8.